The quantitative estimate of drug-likeness (QED) is 0.637. The van der Waals surface area contributed by atoms with Crippen LogP contribution in [-0.4, -0.2) is 10.2 Å². The van der Waals surface area contributed by atoms with Crippen molar-refractivity contribution in [3.63, 3.8) is 0 Å². The van der Waals surface area contributed by atoms with Crippen molar-refractivity contribution in [1.29, 1.82) is 0 Å². The Bertz CT molecular complexity index is 746. The third-order valence-corrected chi connectivity index (χ3v) is 3.98. The molecule has 0 bridgehead atoms. The van der Waals surface area contributed by atoms with Gasteiger partial charge in [0.2, 0.25) is 11.8 Å². The normalized spacial score (nSPS) is 10.6. The minimum absolute atomic E-state index is 0.470. The van der Waals surface area contributed by atoms with Gasteiger partial charge in [-0.3, -0.25) is 0 Å². The highest BCUT2D eigenvalue weighted by Crippen LogP contribution is 2.23. The number of hydrogen-bond donors (Lipinski definition) is 1. The Morgan fingerprint density at radius 1 is 1.10 bits per heavy atom. The van der Waals surface area contributed by atoms with Crippen LogP contribution in [-0.2, 0) is 6.54 Å². The molecule has 0 aliphatic rings. The van der Waals surface area contributed by atoms with Gasteiger partial charge in [-0.1, -0.05) is 29.8 Å². The Balaban J connectivity index is 1.70. The fraction of sp³-hybridized carbons (Fsp3) is 0.0667. The fourth-order valence-corrected chi connectivity index (χ4v) is 2.89. The van der Waals surface area contributed by atoms with E-state index in [4.69, 9.17) is 16.0 Å². The van der Waals surface area contributed by atoms with Crippen molar-refractivity contribution in [3.05, 3.63) is 63.0 Å². The second-order valence-electron chi connectivity index (χ2n) is 4.34. The van der Waals surface area contributed by atoms with E-state index < -0.39 is 0 Å². The number of benzene rings is 2. The van der Waals surface area contributed by atoms with E-state index in [1.807, 2.05) is 48.5 Å². The maximum Gasteiger partial charge on any atom is 0.247 e. The average Bonchev–Trinajstić information content (AvgIpc) is 2.96. The molecular weight excluding hydrogens is 401 g/mol. The molecule has 0 aliphatic carbocycles. The molecule has 4 nitrogen and oxygen atoms in total. The van der Waals surface area contributed by atoms with Crippen molar-refractivity contribution in [2.24, 2.45) is 0 Å². The zero-order chi connectivity index (χ0) is 14.7. The van der Waals surface area contributed by atoms with Gasteiger partial charge in [0.25, 0.3) is 0 Å². The molecule has 3 aromatic rings. The van der Waals surface area contributed by atoms with Crippen molar-refractivity contribution in [1.82, 2.24) is 10.2 Å². The van der Waals surface area contributed by atoms with Crippen molar-refractivity contribution < 1.29 is 4.42 Å². The van der Waals surface area contributed by atoms with Crippen LogP contribution in [0, 0.1) is 3.57 Å². The largest absolute Gasteiger partial charge is 0.419 e. The monoisotopic (exact) mass is 411 g/mol. The maximum absolute atomic E-state index is 5.93. The van der Waals surface area contributed by atoms with Crippen LogP contribution < -0.4 is 5.32 Å². The van der Waals surface area contributed by atoms with Crippen LogP contribution in [0.1, 0.15) is 5.89 Å². The van der Waals surface area contributed by atoms with Crippen molar-refractivity contribution in [2.75, 3.05) is 5.32 Å². The third kappa shape index (κ3) is 3.54. The lowest BCUT2D eigenvalue weighted by molar-refractivity contribution is 0.515. The summed E-state index contributed by atoms with van der Waals surface area (Å²) in [6.07, 6.45) is 0. The van der Waals surface area contributed by atoms with Gasteiger partial charge in [0, 0.05) is 19.8 Å². The molecule has 0 atom stereocenters. The molecule has 0 saturated heterocycles. The van der Waals surface area contributed by atoms with Crippen LogP contribution >= 0.6 is 34.2 Å². The highest BCUT2D eigenvalue weighted by Gasteiger charge is 2.08. The molecule has 3 rings (SSSR count). The number of aromatic nitrogens is 2. The van der Waals surface area contributed by atoms with Crippen molar-refractivity contribution in [2.45, 2.75) is 6.54 Å². The first kappa shape index (κ1) is 14.3. The van der Waals surface area contributed by atoms with Gasteiger partial charge in [-0.05, 0) is 52.9 Å². The van der Waals surface area contributed by atoms with E-state index in [2.05, 4.69) is 38.1 Å². The molecule has 0 radical (unpaired) electrons. The van der Waals surface area contributed by atoms with E-state index in [1.165, 1.54) is 0 Å². The predicted octanol–water partition coefficient (Wildman–Crippen LogP) is 4.61. The lowest BCUT2D eigenvalue weighted by Gasteiger charge is -2.06. The van der Waals surface area contributed by atoms with Crippen LogP contribution in [0.4, 0.5) is 5.69 Å². The summed E-state index contributed by atoms with van der Waals surface area (Å²) >= 11 is 8.16. The molecule has 0 spiro atoms. The van der Waals surface area contributed by atoms with E-state index in [9.17, 15) is 0 Å². The lowest BCUT2D eigenvalue weighted by atomic mass is 10.2. The Labute approximate surface area is 140 Å². The van der Waals surface area contributed by atoms with Crippen LogP contribution in [0.2, 0.25) is 5.02 Å². The van der Waals surface area contributed by atoms with Gasteiger partial charge in [-0.2, -0.15) is 0 Å². The van der Waals surface area contributed by atoms with E-state index >= 15 is 0 Å². The molecule has 106 valence electrons. The average molecular weight is 412 g/mol. The number of anilines is 1. The maximum atomic E-state index is 5.93. The number of nitrogens with one attached hydrogen (secondary N) is 1. The molecular formula is C15H11ClIN3O. The molecule has 6 heteroatoms. The molecule has 1 heterocycles. The first-order chi connectivity index (χ1) is 10.2. The zero-order valence-electron chi connectivity index (χ0n) is 10.9. The van der Waals surface area contributed by atoms with Crippen molar-refractivity contribution >= 4 is 39.9 Å². The summed E-state index contributed by atoms with van der Waals surface area (Å²) in [7, 11) is 0. The van der Waals surface area contributed by atoms with Gasteiger partial charge in [-0.25, -0.2) is 0 Å². The summed E-state index contributed by atoms with van der Waals surface area (Å²) in [4.78, 5) is 0. The Morgan fingerprint density at radius 3 is 2.67 bits per heavy atom. The molecule has 0 amide bonds. The number of nitrogens with zero attached hydrogens (tertiary/aromatic N) is 2. The first-order valence-electron chi connectivity index (χ1n) is 6.29. The summed E-state index contributed by atoms with van der Waals surface area (Å²) < 4.78 is 6.69. The second-order valence-corrected chi connectivity index (χ2v) is 5.94. The van der Waals surface area contributed by atoms with Gasteiger partial charge in [0.15, 0.2) is 0 Å². The topological polar surface area (TPSA) is 51.0 Å². The van der Waals surface area contributed by atoms with Gasteiger partial charge < -0.3 is 9.73 Å². The third-order valence-electron chi connectivity index (χ3n) is 2.85. The molecule has 0 aliphatic heterocycles. The van der Waals surface area contributed by atoms with Crippen LogP contribution in [0.3, 0.4) is 0 Å². The molecule has 1 aromatic heterocycles. The number of halogens is 2. The fourth-order valence-electron chi connectivity index (χ4n) is 1.83. The standard InChI is InChI=1S/C15H11ClIN3O/c16-11-6-7-13(12(17)8-11)18-9-14-19-20-15(21-14)10-4-2-1-3-5-10/h1-8,18H,9H2. The Kier molecular flexibility index (Phi) is 4.40. The summed E-state index contributed by atoms with van der Waals surface area (Å²) in [5.74, 6) is 1.07. The highest BCUT2D eigenvalue weighted by atomic mass is 127. The highest BCUT2D eigenvalue weighted by molar-refractivity contribution is 14.1. The van der Waals surface area contributed by atoms with Crippen LogP contribution in [0.5, 0.6) is 0 Å². The molecule has 0 saturated carbocycles. The Morgan fingerprint density at radius 2 is 1.90 bits per heavy atom. The van der Waals surface area contributed by atoms with Gasteiger partial charge in [0.05, 0.1) is 6.54 Å². The first-order valence-corrected chi connectivity index (χ1v) is 7.75. The molecule has 2 aromatic carbocycles. The molecule has 0 fully saturated rings. The number of hydrogen-bond acceptors (Lipinski definition) is 4. The van der Waals surface area contributed by atoms with Crippen molar-refractivity contribution in [3.8, 4) is 11.5 Å². The van der Waals surface area contributed by atoms with E-state index in [0.717, 1.165) is 14.8 Å². The predicted molar refractivity (Wildman–Crippen MR) is 91.2 cm³/mol. The number of rotatable bonds is 4. The smallest absolute Gasteiger partial charge is 0.247 e. The molecule has 21 heavy (non-hydrogen) atoms. The minimum Gasteiger partial charge on any atom is -0.419 e. The Hall–Kier alpha value is -1.60. The van der Waals surface area contributed by atoms with E-state index in [1.54, 1.807) is 0 Å². The van der Waals surface area contributed by atoms with Crippen LogP contribution in [0.15, 0.2) is 52.9 Å². The second kappa shape index (κ2) is 6.44. The van der Waals surface area contributed by atoms with Crippen LogP contribution in [0.25, 0.3) is 11.5 Å². The van der Waals surface area contributed by atoms with E-state index in [-0.39, 0.29) is 0 Å². The summed E-state index contributed by atoms with van der Waals surface area (Å²) in [5, 5.41) is 12.1. The van der Waals surface area contributed by atoms with Gasteiger partial charge in [-0.15, -0.1) is 10.2 Å². The van der Waals surface area contributed by atoms with Gasteiger partial charge >= 0.3 is 0 Å². The lowest BCUT2D eigenvalue weighted by Crippen LogP contribution is -2.01. The summed E-state index contributed by atoms with van der Waals surface area (Å²) in [5.41, 5.74) is 1.90. The summed E-state index contributed by atoms with van der Waals surface area (Å²) in [6.45, 7) is 0.470. The summed E-state index contributed by atoms with van der Waals surface area (Å²) in [6, 6.07) is 15.4. The minimum atomic E-state index is 0.470. The van der Waals surface area contributed by atoms with Gasteiger partial charge in [0.1, 0.15) is 0 Å². The molecule has 0 unspecified atom stereocenters. The molecule has 1 N–H and O–H groups in total. The zero-order valence-corrected chi connectivity index (χ0v) is 13.8. The SMILES string of the molecule is Clc1ccc(NCc2nnc(-c3ccccc3)o2)c(I)c1. The van der Waals surface area contributed by atoms with E-state index in [0.29, 0.717) is 23.3 Å².